The largest absolute Gasteiger partial charge is 0.497 e. The minimum atomic E-state index is -0.0803. The molecule has 3 aromatic rings. The fraction of sp³-hybridized carbons (Fsp3) is 0.100. The first-order valence-electron chi connectivity index (χ1n) is 7.76. The van der Waals surface area contributed by atoms with Crippen molar-refractivity contribution in [2.45, 2.75) is 0 Å². The van der Waals surface area contributed by atoms with E-state index in [1.165, 1.54) is 6.08 Å². The number of aromatic amines is 1. The summed E-state index contributed by atoms with van der Waals surface area (Å²) in [4.78, 5) is 12.2. The van der Waals surface area contributed by atoms with E-state index in [1.807, 2.05) is 30.3 Å². The van der Waals surface area contributed by atoms with Crippen LogP contribution in [0.2, 0.25) is 0 Å². The van der Waals surface area contributed by atoms with Crippen molar-refractivity contribution in [3.05, 3.63) is 71.9 Å². The maximum Gasteiger partial charge on any atom is 0.185 e. The summed E-state index contributed by atoms with van der Waals surface area (Å²) >= 11 is 0. The van der Waals surface area contributed by atoms with E-state index in [4.69, 9.17) is 9.47 Å². The lowest BCUT2D eigenvalue weighted by Crippen LogP contribution is -1.94. The van der Waals surface area contributed by atoms with Gasteiger partial charge in [-0.2, -0.15) is 5.10 Å². The topological polar surface area (TPSA) is 64.2 Å². The minimum absolute atomic E-state index is 0.0803. The Hall–Kier alpha value is -3.34. The zero-order valence-electron chi connectivity index (χ0n) is 14.0. The van der Waals surface area contributed by atoms with Gasteiger partial charge in [-0.15, -0.1) is 0 Å². The molecule has 2 aromatic carbocycles. The Bertz CT molecular complexity index is 878. The molecule has 3 rings (SSSR count). The fourth-order valence-electron chi connectivity index (χ4n) is 2.35. The molecule has 1 aromatic heterocycles. The van der Waals surface area contributed by atoms with Gasteiger partial charge in [0.05, 0.1) is 25.6 Å². The number of aromatic nitrogens is 2. The molecule has 0 fully saturated rings. The molecular weight excluding hydrogens is 316 g/mol. The Labute approximate surface area is 145 Å². The van der Waals surface area contributed by atoms with Crippen LogP contribution in [0.1, 0.15) is 16.1 Å². The molecule has 5 nitrogen and oxygen atoms in total. The highest BCUT2D eigenvalue weighted by Gasteiger charge is 2.05. The van der Waals surface area contributed by atoms with Crippen LogP contribution in [0.4, 0.5) is 0 Å². The zero-order valence-corrected chi connectivity index (χ0v) is 14.0. The van der Waals surface area contributed by atoms with Crippen LogP contribution >= 0.6 is 0 Å². The van der Waals surface area contributed by atoms with Crippen molar-refractivity contribution in [3.63, 3.8) is 0 Å². The van der Waals surface area contributed by atoms with E-state index in [-0.39, 0.29) is 5.78 Å². The maximum absolute atomic E-state index is 12.2. The van der Waals surface area contributed by atoms with Gasteiger partial charge in [-0.1, -0.05) is 0 Å². The number of ketones is 1. The lowest BCUT2D eigenvalue weighted by molar-refractivity contribution is 0.104. The maximum atomic E-state index is 12.2. The van der Waals surface area contributed by atoms with Crippen molar-refractivity contribution >= 4 is 11.9 Å². The summed E-state index contributed by atoms with van der Waals surface area (Å²) in [5, 5.41) is 7.19. The number of hydrogen-bond donors (Lipinski definition) is 1. The molecule has 0 saturated heterocycles. The lowest BCUT2D eigenvalue weighted by atomic mass is 10.1. The third-order valence-corrected chi connectivity index (χ3v) is 3.77. The molecule has 0 atom stereocenters. The highest BCUT2D eigenvalue weighted by molar-refractivity contribution is 6.06. The highest BCUT2D eigenvalue weighted by atomic mass is 16.5. The summed E-state index contributed by atoms with van der Waals surface area (Å²) in [6.07, 6.45) is 3.24. The van der Waals surface area contributed by atoms with Gasteiger partial charge in [0.2, 0.25) is 0 Å². The van der Waals surface area contributed by atoms with Crippen molar-refractivity contribution in [3.8, 4) is 22.8 Å². The van der Waals surface area contributed by atoms with Crippen molar-refractivity contribution in [1.29, 1.82) is 0 Å². The minimum Gasteiger partial charge on any atom is -0.497 e. The average Bonchev–Trinajstić information content (AvgIpc) is 3.15. The molecule has 0 aliphatic carbocycles. The Morgan fingerprint density at radius 2 is 1.56 bits per heavy atom. The standard InChI is InChI=1S/C20H18N2O3/c1-24-17-8-3-14(4-9-17)19-13-16(21-22-19)7-12-20(23)15-5-10-18(25-2)11-6-15/h3-13H,1-2H3,(H,21,22)/b12-7+. The number of nitrogens with one attached hydrogen (secondary N) is 1. The van der Waals surface area contributed by atoms with Gasteiger partial charge in [-0.3, -0.25) is 9.89 Å². The van der Waals surface area contributed by atoms with Crippen LogP contribution in [0.5, 0.6) is 11.5 Å². The molecule has 1 N–H and O–H groups in total. The van der Waals surface area contributed by atoms with E-state index in [9.17, 15) is 4.79 Å². The number of H-pyrrole nitrogens is 1. The van der Waals surface area contributed by atoms with Crippen LogP contribution in [0.3, 0.4) is 0 Å². The van der Waals surface area contributed by atoms with Gasteiger partial charge in [-0.25, -0.2) is 0 Å². The van der Waals surface area contributed by atoms with Gasteiger partial charge in [0.15, 0.2) is 5.78 Å². The summed E-state index contributed by atoms with van der Waals surface area (Å²) in [6, 6.07) is 16.5. The number of rotatable bonds is 6. The number of nitrogens with zero attached hydrogens (tertiary/aromatic N) is 1. The molecule has 1 heterocycles. The molecule has 126 valence electrons. The van der Waals surface area contributed by atoms with E-state index in [0.717, 1.165) is 28.5 Å². The van der Waals surface area contributed by atoms with Crippen molar-refractivity contribution < 1.29 is 14.3 Å². The first-order valence-corrected chi connectivity index (χ1v) is 7.76. The molecule has 0 saturated carbocycles. The van der Waals surface area contributed by atoms with E-state index < -0.39 is 0 Å². The van der Waals surface area contributed by atoms with Crippen molar-refractivity contribution in [2.24, 2.45) is 0 Å². The first-order chi connectivity index (χ1) is 12.2. The predicted molar refractivity (Wildman–Crippen MR) is 96.9 cm³/mol. The van der Waals surface area contributed by atoms with Crippen molar-refractivity contribution in [1.82, 2.24) is 10.2 Å². The monoisotopic (exact) mass is 334 g/mol. The second kappa shape index (κ2) is 7.49. The number of hydrogen-bond acceptors (Lipinski definition) is 4. The van der Waals surface area contributed by atoms with Gasteiger partial charge in [0, 0.05) is 11.1 Å². The van der Waals surface area contributed by atoms with E-state index in [0.29, 0.717) is 5.56 Å². The molecule has 0 unspecified atom stereocenters. The van der Waals surface area contributed by atoms with Gasteiger partial charge in [0.25, 0.3) is 0 Å². The predicted octanol–water partition coefficient (Wildman–Crippen LogP) is 3.99. The highest BCUT2D eigenvalue weighted by Crippen LogP contribution is 2.21. The summed E-state index contributed by atoms with van der Waals surface area (Å²) in [5.74, 6) is 1.44. The number of allylic oxidation sites excluding steroid dienone is 1. The van der Waals surface area contributed by atoms with Crippen LogP contribution in [-0.2, 0) is 0 Å². The van der Waals surface area contributed by atoms with E-state index in [1.54, 1.807) is 44.6 Å². The number of ether oxygens (including phenoxy) is 2. The smallest absolute Gasteiger partial charge is 0.185 e. The van der Waals surface area contributed by atoms with Crippen molar-refractivity contribution in [2.75, 3.05) is 14.2 Å². The molecule has 25 heavy (non-hydrogen) atoms. The Morgan fingerprint density at radius 3 is 2.16 bits per heavy atom. The molecule has 0 bridgehead atoms. The van der Waals surface area contributed by atoms with Gasteiger partial charge >= 0.3 is 0 Å². The Balaban J connectivity index is 1.71. The summed E-state index contributed by atoms with van der Waals surface area (Å²) < 4.78 is 10.2. The lowest BCUT2D eigenvalue weighted by Gasteiger charge is -2.00. The van der Waals surface area contributed by atoms with Gasteiger partial charge in [0.1, 0.15) is 11.5 Å². The Morgan fingerprint density at radius 1 is 0.960 bits per heavy atom. The number of carbonyl (C=O) groups excluding carboxylic acids is 1. The third-order valence-electron chi connectivity index (χ3n) is 3.77. The number of methoxy groups -OCH3 is 2. The average molecular weight is 334 g/mol. The molecule has 5 heteroatoms. The van der Waals surface area contributed by atoms with Crippen LogP contribution < -0.4 is 9.47 Å². The molecule has 0 aliphatic rings. The fourth-order valence-corrected chi connectivity index (χ4v) is 2.35. The molecule has 0 spiro atoms. The summed E-state index contributed by atoms with van der Waals surface area (Å²) in [5.41, 5.74) is 3.14. The normalized spacial score (nSPS) is 10.8. The zero-order chi connectivity index (χ0) is 17.6. The van der Waals surface area contributed by atoms with E-state index in [2.05, 4.69) is 10.2 Å². The second-order valence-electron chi connectivity index (χ2n) is 5.36. The Kier molecular flexibility index (Phi) is 4.95. The SMILES string of the molecule is COc1ccc(C(=O)/C=C/c2cc(-c3ccc(OC)cc3)n[nH]2)cc1. The van der Waals surface area contributed by atoms with Crippen LogP contribution in [0.15, 0.2) is 60.7 Å². The van der Waals surface area contributed by atoms with Gasteiger partial charge in [-0.05, 0) is 66.7 Å². The van der Waals surface area contributed by atoms with Crippen LogP contribution in [-0.4, -0.2) is 30.2 Å². The first kappa shape index (κ1) is 16.5. The molecule has 0 aliphatic heterocycles. The molecular formula is C20H18N2O3. The molecule has 0 radical (unpaired) electrons. The third kappa shape index (κ3) is 3.95. The van der Waals surface area contributed by atoms with Crippen LogP contribution in [0, 0.1) is 0 Å². The number of benzene rings is 2. The summed E-state index contributed by atoms with van der Waals surface area (Å²) in [6.45, 7) is 0. The summed E-state index contributed by atoms with van der Waals surface area (Å²) in [7, 11) is 3.22. The van der Waals surface area contributed by atoms with Gasteiger partial charge < -0.3 is 9.47 Å². The second-order valence-corrected chi connectivity index (χ2v) is 5.36. The quantitative estimate of drug-likeness (QED) is 0.547. The van der Waals surface area contributed by atoms with E-state index >= 15 is 0 Å². The number of carbonyl (C=O) groups is 1. The van der Waals surface area contributed by atoms with Crippen LogP contribution in [0.25, 0.3) is 17.3 Å². The molecule has 0 amide bonds.